The molecule has 6 heteroatoms. The predicted molar refractivity (Wildman–Crippen MR) is 59.7 cm³/mol. The van der Waals surface area contributed by atoms with E-state index in [1.807, 2.05) is 6.92 Å². The highest BCUT2D eigenvalue weighted by Gasteiger charge is 2.33. The van der Waals surface area contributed by atoms with Gasteiger partial charge in [0, 0.05) is 13.1 Å². The normalized spacial score (nSPS) is 23.1. The molecule has 0 aromatic rings. The molecule has 0 aromatic carbocycles. The molecule has 1 saturated heterocycles. The lowest BCUT2D eigenvalue weighted by Gasteiger charge is -2.35. The second-order valence-corrected chi connectivity index (χ2v) is 4.02. The van der Waals surface area contributed by atoms with E-state index in [1.165, 1.54) is 7.11 Å². The lowest BCUT2D eigenvalue weighted by Crippen LogP contribution is -2.52. The van der Waals surface area contributed by atoms with Crippen LogP contribution < -0.4 is 0 Å². The van der Waals surface area contributed by atoms with Crippen LogP contribution in [0.25, 0.3) is 0 Å². The van der Waals surface area contributed by atoms with E-state index in [2.05, 4.69) is 4.74 Å². The number of carboxylic acid groups (broad SMARTS) is 1. The number of carbonyl (C=O) groups is 2. The first-order chi connectivity index (χ1) is 8.10. The number of methoxy groups -OCH3 is 1. The summed E-state index contributed by atoms with van der Waals surface area (Å²) in [7, 11) is 1.30. The molecular weight excluding hydrogens is 226 g/mol. The van der Waals surface area contributed by atoms with Crippen molar-refractivity contribution in [2.45, 2.75) is 31.9 Å². The minimum atomic E-state index is -0.850. The molecule has 0 amide bonds. The molecule has 6 nitrogen and oxygen atoms in total. The number of ether oxygens (including phenoxy) is 2. The number of morpholine rings is 1. The summed E-state index contributed by atoms with van der Waals surface area (Å²) in [5, 5.41) is 9.14. The number of nitrogens with zero attached hydrogens (tertiary/aromatic N) is 1. The van der Waals surface area contributed by atoms with Crippen LogP contribution in [0.5, 0.6) is 0 Å². The first kappa shape index (κ1) is 13.9. The van der Waals surface area contributed by atoms with E-state index in [0.717, 1.165) is 6.42 Å². The van der Waals surface area contributed by atoms with Crippen molar-refractivity contribution in [1.82, 2.24) is 4.90 Å². The maximum absolute atomic E-state index is 11.3. The Bertz CT molecular complexity index is 281. The van der Waals surface area contributed by atoms with Gasteiger partial charge >= 0.3 is 11.9 Å². The third kappa shape index (κ3) is 3.67. The van der Waals surface area contributed by atoms with Crippen molar-refractivity contribution in [3.63, 3.8) is 0 Å². The van der Waals surface area contributed by atoms with Crippen LogP contribution in [-0.4, -0.2) is 60.9 Å². The predicted octanol–water partition coefficient (Wildman–Crippen LogP) is 0.114. The van der Waals surface area contributed by atoms with Crippen LogP contribution in [0.3, 0.4) is 0 Å². The molecule has 1 aliphatic rings. The summed E-state index contributed by atoms with van der Waals surface area (Å²) in [6, 6.07) is -0.545. The number of aliphatic carboxylic acids is 1. The number of carboxylic acids is 1. The minimum Gasteiger partial charge on any atom is -0.480 e. The highest BCUT2D eigenvalue weighted by Crippen LogP contribution is 2.14. The van der Waals surface area contributed by atoms with E-state index in [9.17, 15) is 9.59 Å². The van der Waals surface area contributed by atoms with Gasteiger partial charge in [-0.3, -0.25) is 9.69 Å². The lowest BCUT2D eigenvalue weighted by atomic mass is 10.1. The molecule has 0 radical (unpaired) electrons. The largest absolute Gasteiger partial charge is 0.480 e. The van der Waals surface area contributed by atoms with Crippen LogP contribution in [0.15, 0.2) is 0 Å². The van der Waals surface area contributed by atoms with Gasteiger partial charge in [0.2, 0.25) is 0 Å². The average molecular weight is 245 g/mol. The van der Waals surface area contributed by atoms with Crippen LogP contribution >= 0.6 is 0 Å². The number of rotatable bonds is 5. The third-order valence-corrected chi connectivity index (χ3v) is 2.85. The van der Waals surface area contributed by atoms with Gasteiger partial charge < -0.3 is 14.6 Å². The Morgan fingerprint density at radius 2 is 2.29 bits per heavy atom. The fourth-order valence-corrected chi connectivity index (χ4v) is 1.96. The average Bonchev–Trinajstić information content (AvgIpc) is 2.34. The van der Waals surface area contributed by atoms with Crippen LogP contribution in [0.1, 0.15) is 19.8 Å². The van der Waals surface area contributed by atoms with Gasteiger partial charge in [-0.25, -0.2) is 4.79 Å². The Hall–Kier alpha value is -1.14. The standard InChI is InChI=1S/C11H19NO5/c1-3-4-8(10(13)14)12-5-6-17-9(7-12)11(15)16-2/h8-9H,3-7H2,1-2H3,(H,13,14). The van der Waals surface area contributed by atoms with Gasteiger partial charge in [0.25, 0.3) is 0 Å². The maximum Gasteiger partial charge on any atom is 0.336 e. The molecule has 2 atom stereocenters. The van der Waals surface area contributed by atoms with Crippen molar-refractivity contribution >= 4 is 11.9 Å². The molecule has 0 saturated carbocycles. The summed E-state index contributed by atoms with van der Waals surface area (Å²) in [6.45, 7) is 3.11. The summed E-state index contributed by atoms with van der Waals surface area (Å²) in [4.78, 5) is 24.3. The van der Waals surface area contributed by atoms with E-state index in [-0.39, 0.29) is 6.54 Å². The third-order valence-electron chi connectivity index (χ3n) is 2.85. The molecule has 0 aromatic heterocycles. The molecule has 1 rings (SSSR count). The molecular formula is C11H19NO5. The minimum absolute atomic E-state index is 0.281. The second kappa shape index (κ2) is 6.56. The Labute approximate surface area is 100 Å². The molecule has 2 unspecified atom stereocenters. The summed E-state index contributed by atoms with van der Waals surface area (Å²) in [6.07, 6.45) is 0.688. The van der Waals surface area contributed by atoms with Crippen LogP contribution in [0.4, 0.5) is 0 Å². The Kier molecular flexibility index (Phi) is 5.37. The zero-order chi connectivity index (χ0) is 12.8. The number of hydrogen-bond acceptors (Lipinski definition) is 5. The second-order valence-electron chi connectivity index (χ2n) is 4.02. The van der Waals surface area contributed by atoms with Crippen molar-refractivity contribution < 1.29 is 24.2 Å². The van der Waals surface area contributed by atoms with E-state index in [0.29, 0.717) is 19.6 Å². The SMILES string of the molecule is CCCC(C(=O)O)N1CCOC(C(=O)OC)C1. The fourth-order valence-electron chi connectivity index (χ4n) is 1.96. The topological polar surface area (TPSA) is 76.1 Å². The zero-order valence-electron chi connectivity index (χ0n) is 10.2. The number of esters is 1. The van der Waals surface area contributed by atoms with Crippen molar-refractivity contribution in [3.8, 4) is 0 Å². The molecule has 1 heterocycles. The Balaban J connectivity index is 2.63. The van der Waals surface area contributed by atoms with Crippen LogP contribution in [0.2, 0.25) is 0 Å². The van der Waals surface area contributed by atoms with E-state index >= 15 is 0 Å². The van der Waals surface area contributed by atoms with Crippen molar-refractivity contribution in [2.75, 3.05) is 26.8 Å². The Morgan fingerprint density at radius 3 is 2.82 bits per heavy atom. The fraction of sp³-hybridized carbons (Fsp3) is 0.818. The molecule has 0 spiro atoms. The van der Waals surface area contributed by atoms with Gasteiger partial charge in [-0.1, -0.05) is 13.3 Å². The zero-order valence-corrected chi connectivity index (χ0v) is 10.2. The summed E-state index contributed by atoms with van der Waals surface area (Å²) in [5.74, 6) is -1.30. The number of carbonyl (C=O) groups excluding carboxylic acids is 1. The highest BCUT2D eigenvalue weighted by molar-refractivity contribution is 5.76. The smallest absolute Gasteiger partial charge is 0.336 e. The van der Waals surface area contributed by atoms with Gasteiger partial charge in [-0.05, 0) is 6.42 Å². The van der Waals surface area contributed by atoms with Crippen molar-refractivity contribution in [2.24, 2.45) is 0 Å². The monoisotopic (exact) mass is 245 g/mol. The molecule has 1 fully saturated rings. The molecule has 98 valence electrons. The van der Waals surface area contributed by atoms with Crippen molar-refractivity contribution in [1.29, 1.82) is 0 Å². The van der Waals surface area contributed by atoms with E-state index in [4.69, 9.17) is 9.84 Å². The molecule has 0 bridgehead atoms. The maximum atomic E-state index is 11.3. The van der Waals surface area contributed by atoms with E-state index in [1.54, 1.807) is 4.90 Å². The van der Waals surface area contributed by atoms with Gasteiger partial charge in [0.05, 0.1) is 13.7 Å². The Morgan fingerprint density at radius 1 is 1.59 bits per heavy atom. The van der Waals surface area contributed by atoms with Gasteiger partial charge in [0.1, 0.15) is 6.04 Å². The van der Waals surface area contributed by atoms with Crippen molar-refractivity contribution in [3.05, 3.63) is 0 Å². The van der Waals surface area contributed by atoms with Gasteiger partial charge in [-0.15, -0.1) is 0 Å². The summed E-state index contributed by atoms with van der Waals surface area (Å²) in [5.41, 5.74) is 0. The van der Waals surface area contributed by atoms with E-state index < -0.39 is 24.1 Å². The highest BCUT2D eigenvalue weighted by atomic mass is 16.6. The first-order valence-corrected chi connectivity index (χ1v) is 5.76. The molecule has 17 heavy (non-hydrogen) atoms. The molecule has 0 aliphatic carbocycles. The molecule has 1 N–H and O–H groups in total. The molecule has 1 aliphatic heterocycles. The van der Waals surface area contributed by atoms with Gasteiger partial charge in [0.15, 0.2) is 6.10 Å². The lowest BCUT2D eigenvalue weighted by molar-refractivity contribution is -0.164. The first-order valence-electron chi connectivity index (χ1n) is 5.76. The quantitative estimate of drug-likeness (QED) is 0.693. The summed E-state index contributed by atoms with van der Waals surface area (Å²) >= 11 is 0. The summed E-state index contributed by atoms with van der Waals surface area (Å²) < 4.78 is 9.86. The van der Waals surface area contributed by atoms with Gasteiger partial charge in [-0.2, -0.15) is 0 Å². The number of hydrogen-bond donors (Lipinski definition) is 1. The van der Waals surface area contributed by atoms with Crippen LogP contribution in [-0.2, 0) is 19.1 Å². The van der Waals surface area contributed by atoms with Crippen LogP contribution in [0, 0.1) is 0 Å².